The average Bonchev–Trinajstić information content (AvgIpc) is 2.97. The minimum absolute atomic E-state index is 0.103. The predicted octanol–water partition coefficient (Wildman–Crippen LogP) is 4.65. The van der Waals surface area contributed by atoms with Crippen LogP contribution < -0.4 is 4.90 Å². The third kappa shape index (κ3) is 3.03. The Balaban J connectivity index is 1.79. The molecule has 1 aliphatic rings. The Kier molecular flexibility index (Phi) is 4.11. The second-order valence-corrected chi connectivity index (χ2v) is 6.42. The molecular weight excluding hydrogens is 326 g/mol. The highest BCUT2D eigenvalue weighted by molar-refractivity contribution is 9.10. The van der Waals surface area contributed by atoms with E-state index in [0.29, 0.717) is 5.92 Å². The number of carbonyl (C=O) groups is 1. The van der Waals surface area contributed by atoms with Gasteiger partial charge < -0.3 is 4.90 Å². The molecule has 3 rings (SSSR count). The van der Waals surface area contributed by atoms with Gasteiger partial charge in [0.1, 0.15) is 0 Å². The zero-order chi connectivity index (χ0) is 14.8. The van der Waals surface area contributed by atoms with Crippen molar-refractivity contribution in [3.8, 4) is 0 Å². The molecule has 1 aliphatic heterocycles. The molecule has 2 nitrogen and oxygen atoms in total. The van der Waals surface area contributed by atoms with Crippen LogP contribution in [0.25, 0.3) is 0 Å². The van der Waals surface area contributed by atoms with Crippen molar-refractivity contribution in [3.05, 3.63) is 64.1 Å². The van der Waals surface area contributed by atoms with Crippen LogP contribution in [0.3, 0.4) is 0 Å². The Labute approximate surface area is 133 Å². The fourth-order valence-corrected chi connectivity index (χ4v) is 3.59. The maximum atomic E-state index is 11.4. The highest BCUT2D eigenvalue weighted by Gasteiger charge is 2.25. The quantitative estimate of drug-likeness (QED) is 0.756. The molecule has 108 valence electrons. The van der Waals surface area contributed by atoms with Gasteiger partial charge in [0.25, 0.3) is 0 Å². The Hall–Kier alpha value is -1.61. The summed E-state index contributed by atoms with van der Waals surface area (Å²) in [6.07, 6.45) is 1.17. The molecule has 0 bridgehead atoms. The van der Waals surface area contributed by atoms with E-state index in [1.54, 1.807) is 6.92 Å². The van der Waals surface area contributed by atoms with E-state index in [1.165, 1.54) is 17.7 Å². The largest absolute Gasteiger partial charge is 0.370 e. The Morgan fingerprint density at radius 2 is 1.95 bits per heavy atom. The summed E-state index contributed by atoms with van der Waals surface area (Å²) < 4.78 is 1.00. The monoisotopic (exact) mass is 343 g/mol. The zero-order valence-electron chi connectivity index (χ0n) is 12.1. The van der Waals surface area contributed by atoms with Crippen molar-refractivity contribution >= 4 is 27.4 Å². The van der Waals surface area contributed by atoms with Gasteiger partial charge in [-0.1, -0.05) is 30.3 Å². The van der Waals surface area contributed by atoms with Crippen LogP contribution in [0.1, 0.15) is 35.2 Å². The van der Waals surface area contributed by atoms with Crippen molar-refractivity contribution in [2.75, 3.05) is 18.0 Å². The van der Waals surface area contributed by atoms with Crippen LogP contribution in [0.4, 0.5) is 5.69 Å². The molecule has 0 saturated carbocycles. The predicted molar refractivity (Wildman–Crippen MR) is 90.2 cm³/mol. The van der Waals surface area contributed by atoms with Gasteiger partial charge in [-0.15, -0.1) is 0 Å². The van der Waals surface area contributed by atoms with E-state index in [2.05, 4.69) is 51.2 Å². The lowest BCUT2D eigenvalue weighted by Gasteiger charge is -2.21. The molecule has 0 aromatic heterocycles. The molecule has 1 atom stereocenters. The van der Waals surface area contributed by atoms with Gasteiger partial charge in [-0.05, 0) is 53.0 Å². The van der Waals surface area contributed by atoms with Crippen LogP contribution in [-0.2, 0) is 0 Å². The topological polar surface area (TPSA) is 20.3 Å². The fraction of sp³-hybridized carbons (Fsp3) is 0.278. The molecule has 2 aromatic carbocycles. The lowest BCUT2D eigenvalue weighted by molar-refractivity contribution is 0.101. The molecule has 21 heavy (non-hydrogen) atoms. The molecule has 2 aromatic rings. The molecule has 1 saturated heterocycles. The Morgan fingerprint density at radius 3 is 2.62 bits per heavy atom. The molecule has 0 radical (unpaired) electrons. The van der Waals surface area contributed by atoms with Gasteiger partial charge in [0.15, 0.2) is 5.78 Å². The summed E-state index contributed by atoms with van der Waals surface area (Å²) in [6.45, 7) is 3.68. The van der Waals surface area contributed by atoms with Crippen molar-refractivity contribution in [3.63, 3.8) is 0 Å². The number of benzene rings is 2. The summed E-state index contributed by atoms with van der Waals surface area (Å²) in [7, 11) is 0. The lowest BCUT2D eigenvalue weighted by Crippen LogP contribution is -2.19. The standard InChI is InChI=1S/C18H18BrNO/c1-13(21)15-7-8-18(17(19)11-15)20-10-9-16(12-20)14-5-3-2-4-6-14/h2-8,11,16H,9-10,12H2,1H3. The highest BCUT2D eigenvalue weighted by atomic mass is 79.9. The molecule has 0 aliphatic carbocycles. The number of halogens is 1. The smallest absolute Gasteiger partial charge is 0.159 e. The summed E-state index contributed by atoms with van der Waals surface area (Å²) in [4.78, 5) is 13.8. The van der Waals surface area contributed by atoms with E-state index in [4.69, 9.17) is 0 Å². The number of Topliss-reactive ketones (excluding diaryl/α,β-unsaturated/α-hetero) is 1. The third-order valence-corrected chi connectivity index (χ3v) is 4.79. The van der Waals surface area contributed by atoms with Crippen LogP contribution in [0.5, 0.6) is 0 Å². The fourth-order valence-electron chi connectivity index (χ4n) is 2.96. The van der Waals surface area contributed by atoms with Crippen molar-refractivity contribution in [1.82, 2.24) is 0 Å². The van der Waals surface area contributed by atoms with Crippen molar-refractivity contribution in [2.45, 2.75) is 19.3 Å². The van der Waals surface area contributed by atoms with Crippen molar-refractivity contribution in [2.24, 2.45) is 0 Å². The van der Waals surface area contributed by atoms with Crippen LogP contribution in [0, 0.1) is 0 Å². The first-order valence-corrected chi connectivity index (χ1v) is 8.05. The van der Waals surface area contributed by atoms with E-state index in [0.717, 1.165) is 23.1 Å². The molecule has 1 heterocycles. The molecule has 0 N–H and O–H groups in total. The summed E-state index contributed by atoms with van der Waals surface area (Å²) >= 11 is 3.61. The first-order valence-electron chi connectivity index (χ1n) is 7.25. The van der Waals surface area contributed by atoms with Crippen molar-refractivity contribution in [1.29, 1.82) is 0 Å². The number of nitrogens with zero attached hydrogens (tertiary/aromatic N) is 1. The highest BCUT2D eigenvalue weighted by Crippen LogP contribution is 2.35. The van der Waals surface area contributed by atoms with Crippen LogP contribution in [-0.4, -0.2) is 18.9 Å². The normalized spacial score (nSPS) is 18.0. The molecule has 3 heteroatoms. The lowest BCUT2D eigenvalue weighted by atomic mass is 9.99. The molecule has 1 fully saturated rings. The minimum Gasteiger partial charge on any atom is -0.370 e. The maximum Gasteiger partial charge on any atom is 0.159 e. The van der Waals surface area contributed by atoms with Gasteiger partial charge in [0, 0.05) is 29.0 Å². The van der Waals surface area contributed by atoms with Gasteiger partial charge in [-0.3, -0.25) is 4.79 Å². The van der Waals surface area contributed by atoms with E-state index in [1.807, 2.05) is 18.2 Å². The number of ketones is 1. The summed E-state index contributed by atoms with van der Waals surface area (Å²) in [6, 6.07) is 16.6. The van der Waals surface area contributed by atoms with Crippen LogP contribution in [0.15, 0.2) is 53.0 Å². The average molecular weight is 344 g/mol. The number of hydrogen-bond acceptors (Lipinski definition) is 2. The van der Waals surface area contributed by atoms with Gasteiger partial charge >= 0.3 is 0 Å². The summed E-state index contributed by atoms with van der Waals surface area (Å²) in [5, 5.41) is 0. The van der Waals surface area contributed by atoms with E-state index < -0.39 is 0 Å². The zero-order valence-corrected chi connectivity index (χ0v) is 13.6. The van der Waals surface area contributed by atoms with Gasteiger partial charge in [0.2, 0.25) is 0 Å². The molecular formula is C18H18BrNO. The second-order valence-electron chi connectivity index (χ2n) is 5.56. The molecule has 0 amide bonds. The van der Waals surface area contributed by atoms with E-state index >= 15 is 0 Å². The van der Waals surface area contributed by atoms with E-state index in [9.17, 15) is 4.79 Å². The molecule has 1 unspecified atom stereocenters. The van der Waals surface area contributed by atoms with Gasteiger partial charge in [-0.2, -0.15) is 0 Å². The summed E-state index contributed by atoms with van der Waals surface area (Å²) in [5.74, 6) is 0.691. The third-order valence-electron chi connectivity index (χ3n) is 4.15. The van der Waals surface area contributed by atoms with Crippen LogP contribution >= 0.6 is 15.9 Å². The van der Waals surface area contributed by atoms with Crippen molar-refractivity contribution < 1.29 is 4.79 Å². The first-order chi connectivity index (χ1) is 10.1. The number of anilines is 1. The Bertz CT molecular complexity index is 654. The summed E-state index contributed by atoms with van der Waals surface area (Å²) in [5.41, 5.74) is 3.35. The maximum absolute atomic E-state index is 11.4. The van der Waals surface area contributed by atoms with Gasteiger partial charge in [-0.25, -0.2) is 0 Å². The SMILES string of the molecule is CC(=O)c1ccc(N2CCC(c3ccccc3)C2)c(Br)c1. The second kappa shape index (κ2) is 6.02. The minimum atomic E-state index is 0.103. The number of carbonyl (C=O) groups excluding carboxylic acids is 1. The van der Waals surface area contributed by atoms with Crippen LogP contribution in [0.2, 0.25) is 0 Å². The first kappa shape index (κ1) is 14.3. The molecule has 0 spiro atoms. The van der Waals surface area contributed by atoms with Gasteiger partial charge in [0.05, 0.1) is 5.69 Å². The number of rotatable bonds is 3. The number of hydrogen-bond donors (Lipinski definition) is 0. The van der Waals surface area contributed by atoms with E-state index in [-0.39, 0.29) is 5.78 Å². The Morgan fingerprint density at radius 1 is 1.19 bits per heavy atom.